The van der Waals surface area contributed by atoms with Crippen LogP contribution in [-0.2, 0) is 5.41 Å². The summed E-state index contributed by atoms with van der Waals surface area (Å²) < 4.78 is 6.86. The first-order valence-electron chi connectivity index (χ1n) is 16.9. The van der Waals surface area contributed by atoms with Crippen molar-refractivity contribution in [2.75, 3.05) is 4.90 Å². The van der Waals surface area contributed by atoms with Crippen LogP contribution in [-0.4, -0.2) is 0 Å². The molecule has 0 bridgehead atoms. The molecule has 2 heteroatoms. The molecule has 10 rings (SSSR count). The highest BCUT2D eigenvalue weighted by Crippen LogP contribution is 2.64. The third kappa shape index (κ3) is 4.01. The maximum absolute atomic E-state index is 6.86. The molecule has 49 heavy (non-hydrogen) atoms. The molecule has 1 unspecified atom stereocenters. The van der Waals surface area contributed by atoms with Crippen molar-refractivity contribution in [2.24, 2.45) is 0 Å². The minimum atomic E-state index is -0.560. The van der Waals surface area contributed by atoms with Gasteiger partial charge in [-0.25, -0.2) is 0 Å². The average molecular weight is 626 g/mol. The van der Waals surface area contributed by atoms with Crippen molar-refractivity contribution >= 4 is 27.8 Å². The minimum absolute atomic E-state index is 0.560. The normalized spacial score (nSPS) is 15.2. The maximum Gasteiger partial charge on any atom is 0.140 e. The molecular formula is C47H31NO. The Morgan fingerprint density at radius 3 is 1.88 bits per heavy atom. The molecule has 0 radical (unpaired) electrons. The third-order valence-corrected chi connectivity index (χ3v) is 10.3. The van der Waals surface area contributed by atoms with Gasteiger partial charge in [0.1, 0.15) is 11.5 Å². The Balaban J connectivity index is 1.27. The van der Waals surface area contributed by atoms with Crippen molar-refractivity contribution in [1.29, 1.82) is 0 Å². The van der Waals surface area contributed by atoms with Crippen LogP contribution in [0.4, 0.5) is 17.1 Å². The van der Waals surface area contributed by atoms with E-state index < -0.39 is 5.41 Å². The highest BCUT2D eigenvalue weighted by Gasteiger charge is 2.52. The molecule has 0 N–H and O–H groups in total. The first-order valence-corrected chi connectivity index (χ1v) is 16.9. The van der Waals surface area contributed by atoms with Crippen LogP contribution in [0.5, 0.6) is 11.5 Å². The smallest absolute Gasteiger partial charge is 0.140 e. The average Bonchev–Trinajstić information content (AvgIpc) is 3.47. The Morgan fingerprint density at radius 2 is 1.04 bits per heavy atom. The molecule has 1 atom stereocenters. The van der Waals surface area contributed by atoms with Crippen molar-refractivity contribution in [2.45, 2.75) is 5.41 Å². The summed E-state index contributed by atoms with van der Waals surface area (Å²) >= 11 is 0. The van der Waals surface area contributed by atoms with Crippen molar-refractivity contribution in [3.05, 3.63) is 210 Å². The number of anilines is 3. The van der Waals surface area contributed by atoms with E-state index in [1.54, 1.807) is 0 Å². The lowest BCUT2D eigenvalue weighted by atomic mass is 9.65. The molecule has 2 nitrogen and oxygen atoms in total. The van der Waals surface area contributed by atoms with E-state index in [0.717, 1.165) is 33.9 Å². The number of fused-ring (bicyclic) bond motifs is 11. The SMILES string of the molecule is c1ccc(-c2ccc(N(c3ccccc3)c3cccc4c3-c3ccccc3C43c4ccccc4Oc4c3ccc3ccccc43)cc2)cc1. The summed E-state index contributed by atoms with van der Waals surface area (Å²) in [6, 6.07) is 67.8. The van der Waals surface area contributed by atoms with Gasteiger partial charge in [-0.15, -0.1) is 0 Å². The molecule has 1 spiro atoms. The molecule has 0 fully saturated rings. The standard InChI is InChI=1S/C47H31NO/c1-3-14-32(15-4-1)33-26-29-36(30-27-33)48(35-17-5-2-6-18-35)43-24-13-23-41-45(43)38-20-9-10-21-39(38)47(41)40-22-11-12-25-44(40)49-46-37-19-8-7-16-34(37)28-31-42(46)47/h1-31H. The second-order valence-corrected chi connectivity index (χ2v) is 12.8. The van der Waals surface area contributed by atoms with Gasteiger partial charge < -0.3 is 9.64 Å². The van der Waals surface area contributed by atoms with Gasteiger partial charge in [-0.05, 0) is 69.6 Å². The van der Waals surface area contributed by atoms with Crippen LogP contribution in [0.25, 0.3) is 33.0 Å². The number of benzene rings is 8. The summed E-state index contributed by atoms with van der Waals surface area (Å²) in [6.45, 7) is 0. The van der Waals surface area contributed by atoms with E-state index in [-0.39, 0.29) is 0 Å². The topological polar surface area (TPSA) is 12.5 Å². The number of rotatable bonds is 4. The molecule has 1 heterocycles. The fourth-order valence-electron chi connectivity index (χ4n) is 8.28. The number of ether oxygens (including phenoxy) is 1. The Labute approximate surface area is 286 Å². The molecule has 0 saturated carbocycles. The number of nitrogens with zero attached hydrogens (tertiary/aromatic N) is 1. The minimum Gasteiger partial charge on any atom is -0.456 e. The fraction of sp³-hybridized carbons (Fsp3) is 0.0213. The number of hydrogen-bond acceptors (Lipinski definition) is 2. The summed E-state index contributed by atoms with van der Waals surface area (Å²) in [6.07, 6.45) is 0. The summed E-state index contributed by atoms with van der Waals surface area (Å²) in [5.74, 6) is 1.83. The number of para-hydroxylation sites is 2. The lowest BCUT2D eigenvalue weighted by Gasteiger charge is -2.40. The molecule has 0 amide bonds. The zero-order chi connectivity index (χ0) is 32.4. The Bertz CT molecular complexity index is 2520. The van der Waals surface area contributed by atoms with E-state index in [9.17, 15) is 0 Å². The van der Waals surface area contributed by atoms with Gasteiger partial charge in [0.25, 0.3) is 0 Å². The molecule has 1 aliphatic heterocycles. The first-order chi connectivity index (χ1) is 24.3. The summed E-state index contributed by atoms with van der Waals surface area (Å²) in [5.41, 5.74) is 12.6. The van der Waals surface area contributed by atoms with Crippen molar-refractivity contribution in [3.63, 3.8) is 0 Å². The van der Waals surface area contributed by atoms with Crippen molar-refractivity contribution in [3.8, 4) is 33.8 Å². The molecule has 8 aromatic carbocycles. The lowest BCUT2D eigenvalue weighted by molar-refractivity contribution is 0.441. The van der Waals surface area contributed by atoms with E-state index in [1.165, 1.54) is 49.9 Å². The zero-order valence-electron chi connectivity index (χ0n) is 26.8. The van der Waals surface area contributed by atoms with Crippen LogP contribution in [0.2, 0.25) is 0 Å². The first kappa shape index (κ1) is 27.7. The van der Waals surface area contributed by atoms with Gasteiger partial charge in [-0.3, -0.25) is 0 Å². The van der Waals surface area contributed by atoms with Crippen LogP contribution >= 0.6 is 0 Å². The fourth-order valence-corrected chi connectivity index (χ4v) is 8.28. The summed E-state index contributed by atoms with van der Waals surface area (Å²) in [5, 5.41) is 2.30. The van der Waals surface area contributed by atoms with Gasteiger partial charge in [-0.2, -0.15) is 0 Å². The highest BCUT2D eigenvalue weighted by atomic mass is 16.5. The van der Waals surface area contributed by atoms with Gasteiger partial charge in [-0.1, -0.05) is 152 Å². The Morgan fingerprint density at radius 1 is 0.408 bits per heavy atom. The predicted octanol–water partition coefficient (Wildman–Crippen LogP) is 12.4. The Hall–Kier alpha value is -6.38. The maximum atomic E-state index is 6.86. The molecule has 230 valence electrons. The second kappa shape index (κ2) is 10.8. The van der Waals surface area contributed by atoms with Crippen molar-refractivity contribution in [1.82, 2.24) is 0 Å². The molecule has 1 aliphatic carbocycles. The van der Waals surface area contributed by atoms with E-state index in [4.69, 9.17) is 4.74 Å². The van der Waals surface area contributed by atoms with Gasteiger partial charge in [0.2, 0.25) is 0 Å². The number of hydrogen-bond donors (Lipinski definition) is 0. The molecule has 0 saturated heterocycles. The van der Waals surface area contributed by atoms with Gasteiger partial charge in [0, 0.05) is 33.5 Å². The molecule has 0 aromatic heterocycles. The van der Waals surface area contributed by atoms with Crippen LogP contribution in [0, 0.1) is 0 Å². The summed E-state index contributed by atoms with van der Waals surface area (Å²) in [7, 11) is 0. The molecule has 8 aromatic rings. The van der Waals surface area contributed by atoms with Gasteiger partial charge >= 0.3 is 0 Å². The van der Waals surface area contributed by atoms with Crippen LogP contribution in [0.15, 0.2) is 188 Å². The lowest BCUT2D eigenvalue weighted by Crippen LogP contribution is -2.32. The van der Waals surface area contributed by atoms with Crippen molar-refractivity contribution < 1.29 is 4.74 Å². The van der Waals surface area contributed by atoms with Crippen LogP contribution in [0.3, 0.4) is 0 Å². The third-order valence-electron chi connectivity index (χ3n) is 10.3. The van der Waals surface area contributed by atoms with E-state index in [2.05, 4.69) is 193 Å². The van der Waals surface area contributed by atoms with Gasteiger partial charge in [0.15, 0.2) is 0 Å². The molecule has 2 aliphatic rings. The highest BCUT2D eigenvalue weighted by molar-refractivity contribution is 6.00. The van der Waals surface area contributed by atoms with Crippen LogP contribution in [0.1, 0.15) is 22.3 Å². The van der Waals surface area contributed by atoms with E-state index >= 15 is 0 Å². The van der Waals surface area contributed by atoms with Gasteiger partial charge in [0.05, 0.1) is 11.1 Å². The van der Waals surface area contributed by atoms with E-state index in [0.29, 0.717) is 0 Å². The monoisotopic (exact) mass is 625 g/mol. The zero-order valence-corrected chi connectivity index (χ0v) is 26.8. The molecular weight excluding hydrogens is 595 g/mol. The predicted molar refractivity (Wildman–Crippen MR) is 201 cm³/mol. The largest absolute Gasteiger partial charge is 0.456 e. The second-order valence-electron chi connectivity index (χ2n) is 12.8. The van der Waals surface area contributed by atoms with E-state index in [1.807, 2.05) is 0 Å². The van der Waals surface area contributed by atoms with Crippen LogP contribution < -0.4 is 9.64 Å². The Kier molecular flexibility index (Phi) is 6.13. The quantitative estimate of drug-likeness (QED) is 0.193. The summed E-state index contributed by atoms with van der Waals surface area (Å²) in [4.78, 5) is 2.41.